The molecule has 3 heteroatoms. The molecule has 0 radical (unpaired) electrons. The molecule has 3 nitrogen and oxygen atoms in total. The molecule has 2 aliphatic rings. The zero-order valence-corrected chi connectivity index (χ0v) is 10.6. The lowest BCUT2D eigenvalue weighted by molar-refractivity contribution is -0.945. The van der Waals surface area contributed by atoms with Gasteiger partial charge in [-0.25, -0.2) is 0 Å². The van der Waals surface area contributed by atoms with Crippen LogP contribution >= 0.6 is 0 Å². The molecule has 0 saturated carbocycles. The number of quaternary nitrogens is 1. The molecule has 1 unspecified atom stereocenters. The molecular formula is C13H24NO2+. The van der Waals surface area contributed by atoms with Gasteiger partial charge in [-0.15, -0.1) is 0 Å². The van der Waals surface area contributed by atoms with E-state index in [2.05, 4.69) is 7.05 Å². The van der Waals surface area contributed by atoms with Crippen LogP contribution in [-0.2, 0) is 9.53 Å². The summed E-state index contributed by atoms with van der Waals surface area (Å²) in [6.07, 6.45) is 6.03. The van der Waals surface area contributed by atoms with Crippen LogP contribution in [-0.4, -0.2) is 43.2 Å². The Morgan fingerprint density at radius 3 is 2.75 bits per heavy atom. The molecule has 2 heterocycles. The van der Waals surface area contributed by atoms with E-state index in [1.54, 1.807) is 0 Å². The van der Waals surface area contributed by atoms with E-state index in [0.717, 1.165) is 10.9 Å². The Morgan fingerprint density at radius 1 is 1.25 bits per heavy atom. The number of ether oxygens (including phenoxy) is 1. The smallest absolute Gasteiger partial charge is 0.314 e. The highest BCUT2D eigenvalue weighted by molar-refractivity contribution is 5.73. The second kappa shape index (κ2) is 4.74. The van der Waals surface area contributed by atoms with Gasteiger partial charge in [0.05, 0.1) is 26.7 Å². The van der Waals surface area contributed by atoms with Crippen LogP contribution in [0.2, 0.25) is 0 Å². The second-order valence-electron chi connectivity index (χ2n) is 5.49. The van der Waals surface area contributed by atoms with Crippen LogP contribution in [0.1, 0.15) is 39.0 Å². The second-order valence-corrected chi connectivity index (χ2v) is 5.49. The van der Waals surface area contributed by atoms with E-state index in [0.29, 0.717) is 12.6 Å². The highest BCUT2D eigenvalue weighted by Crippen LogP contribution is 2.36. The normalized spacial score (nSPS) is 38.9. The Kier molecular flexibility index (Phi) is 3.53. The number of carbonyl (C=O) groups excluding carboxylic acids is 1. The summed E-state index contributed by atoms with van der Waals surface area (Å²) in [6.45, 7) is 4.92. The summed E-state index contributed by atoms with van der Waals surface area (Å²) < 4.78 is 6.34. The van der Waals surface area contributed by atoms with Crippen LogP contribution in [0.3, 0.4) is 0 Å². The summed E-state index contributed by atoms with van der Waals surface area (Å²) in [7, 11) is 2.33. The lowest BCUT2D eigenvalue weighted by atomic mass is 9.81. The van der Waals surface area contributed by atoms with Gasteiger partial charge in [-0.3, -0.25) is 4.79 Å². The predicted octanol–water partition coefficient (Wildman–Crippen LogP) is 1.96. The van der Waals surface area contributed by atoms with Crippen molar-refractivity contribution < 1.29 is 14.0 Å². The predicted molar refractivity (Wildman–Crippen MR) is 62.9 cm³/mol. The zero-order valence-electron chi connectivity index (χ0n) is 10.6. The first-order valence-corrected chi connectivity index (χ1v) is 6.68. The molecule has 0 aliphatic carbocycles. The largest absolute Gasteiger partial charge is 0.466 e. The van der Waals surface area contributed by atoms with Gasteiger partial charge in [-0.05, 0) is 32.6 Å². The maximum absolute atomic E-state index is 12.0. The molecule has 2 fully saturated rings. The SMILES string of the molecule is CCOC(=O)[C@H]1CCC[N+]2(C)CCCC[C@H]12. The van der Waals surface area contributed by atoms with Gasteiger partial charge in [0.1, 0.15) is 12.0 Å². The Balaban J connectivity index is 2.10. The first kappa shape index (κ1) is 11.9. The lowest BCUT2D eigenvalue weighted by Crippen LogP contribution is -2.62. The monoisotopic (exact) mass is 226 g/mol. The highest BCUT2D eigenvalue weighted by Gasteiger charge is 2.46. The first-order valence-electron chi connectivity index (χ1n) is 6.68. The van der Waals surface area contributed by atoms with E-state index >= 15 is 0 Å². The zero-order chi connectivity index (χ0) is 11.6. The summed E-state index contributed by atoms with van der Waals surface area (Å²) in [4.78, 5) is 12.0. The molecule has 0 bridgehead atoms. The molecule has 3 atom stereocenters. The van der Waals surface area contributed by atoms with Crippen molar-refractivity contribution in [3.63, 3.8) is 0 Å². The van der Waals surface area contributed by atoms with Crippen molar-refractivity contribution in [3.8, 4) is 0 Å². The molecule has 2 aliphatic heterocycles. The van der Waals surface area contributed by atoms with Gasteiger partial charge in [0.25, 0.3) is 0 Å². The minimum atomic E-state index is 0.0541. The molecule has 0 aromatic heterocycles. The third-order valence-corrected chi connectivity index (χ3v) is 4.46. The standard InChI is InChI=1S/C13H24NO2/c1-3-16-13(15)11-7-6-10-14(2)9-5-4-8-12(11)14/h11-12H,3-10H2,1-2H3/q+1/t11-,12+,14?/m0/s1. The van der Waals surface area contributed by atoms with Crippen molar-refractivity contribution in [2.24, 2.45) is 5.92 Å². The number of rotatable bonds is 2. The third-order valence-electron chi connectivity index (χ3n) is 4.46. The van der Waals surface area contributed by atoms with Gasteiger partial charge >= 0.3 is 5.97 Å². The number of fused-ring (bicyclic) bond motifs is 1. The van der Waals surface area contributed by atoms with Gasteiger partial charge in [0, 0.05) is 6.42 Å². The van der Waals surface area contributed by atoms with Crippen LogP contribution < -0.4 is 0 Å². The van der Waals surface area contributed by atoms with Crippen molar-refractivity contribution in [1.29, 1.82) is 0 Å². The Morgan fingerprint density at radius 2 is 2.00 bits per heavy atom. The average molecular weight is 226 g/mol. The molecule has 16 heavy (non-hydrogen) atoms. The van der Waals surface area contributed by atoms with Gasteiger partial charge < -0.3 is 9.22 Å². The summed E-state index contributed by atoms with van der Waals surface area (Å²) >= 11 is 0. The third kappa shape index (κ3) is 2.10. The average Bonchev–Trinajstić information content (AvgIpc) is 2.27. The molecule has 2 saturated heterocycles. The fourth-order valence-electron chi connectivity index (χ4n) is 3.61. The van der Waals surface area contributed by atoms with Crippen LogP contribution in [0.15, 0.2) is 0 Å². The number of hydrogen-bond acceptors (Lipinski definition) is 2. The number of piperidine rings is 2. The summed E-state index contributed by atoms with van der Waals surface area (Å²) in [5.41, 5.74) is 0. The molecule has 2 rings (SSSR count). The molecule has 0 amide bonds. The molecule has 0 N–H and O–H groups in total. The van der Waals surface area contributed by atoms with Crippen molar-refractivity contribution in [2.75, 3.05) is 26.7 Å². The summed E-state index contributed by atoms with van der Waals surface area (Å²) in [5, 5.41) is 0. The molecule has 0 aromatic rings. The first-order chi connectivity index (χ1) is 7.67. The summed E-state index contributed by atoms with van der Waals surface area (Å²) in [5.74, 6) is 0.220. The number of esters is 1. The van der Waals surface area contributed by atoms with E-state index in [9.17, 15) is 4.79 Å². The number of carbonyl (C=O) groups is 1. The van der Waals surface area contributed by atoms with Gasteiger partial charge in [-0.2, -0.15) is 0 Å². The van der Waals surface area contributed by atoms with Gasteiger partial charge in [0.2, 0.25) is 0 Å². The highest BCUT2D eigenvalue weighted by atomic mass is 16.5. The van der Waals surface area contributed by atoms with Crippen LogP contribution in [0, 0.1) is 5.92 Å². The molecule has 0 aromatic carbocycles. The van der Waals surface area contributed by atoms with Crippen molar-refractivity contribution in [3.05, 3.63) is 0 Å². The van der Waals surface area contributed by atoms with E-state index < -0.39 is 0 Å². The van der Waals surface area contributed by atoms with E-state index in [1.807, 2.05) is 6.92 Å². The Hall–Kier alpha value is -0.570. The Labute approximate surface area is 98.4 Å². The minimum Gasteiger partial charge on any atom is -0.466 e. The minimum absolute atomic E-state index is 0.0541. The van der Waals surface area contributed by atoms with E-state index in [1.165, 1.54) is 38.8 Å². The lowest BCUT2D eigenvalue weighted by Gasteiger charge is -2.50. The maximum atomic E-state index is 12.0. The molecule has 0 spiro atoms. The molecule has 92 valence electrons. The van der Waals surface area contributed by atoms with Gasteiger partial charge in [0.15, 0.2) is 0 Å². The van der Waals surface area contributed by atoms with Crippen LogP contribution in [0.5, 0.6) is 0 Å². The topological polar surface area (TPSA) is 26.3 Å². The van der Waals surface area contributed by atoms with E-state index in [4.69, 9.17) is 4.74 Å². The fourth-order valence-corrected chi connectivity index (χ4v) is 3.61. The fraction of sp³-hybridized carbons (Fsp3) is 0.923. The van der Waals surface area contributed by atoms with Crippen LogP contribution in [0.25, 0.3) is 0 Å². The molecular weight excluding hydrogens is 202 g/mol. The van der Waals surface area contributed by atoms with Crippen molar-refractivity contribution >= 4 is 5.97 Å². The summed E-state index contributed by atoms with van der Waals surface area (Å²) in [6, 6.07) is 0.529. The van der Waals surface area contributed by atoms with Gasteiger partial charge in [-0.1, -0.05) is 0 Å². The number of nitrogens with zero attached hydrogens (tertiary/aromatic N) is 1. The maximum Gasteiger partial charge on any atom is 0.314 e. The number of hydrogen-bond donors (Lipinski definition) is 0. The van der Waals surface area contributed by atoms with E-state index in [-0.39, 0.29) is 11.9 Å². The van der Waals surface area contributed by atoms with Crippen molar-refractivity contribution in [1.82, 2.24) is 0 Å². The van der Waals surface area contributed by atoms with Crippen molar-refractivity contribution in [2.45, 2.75) is 45.1 Å². The Bertz CT molecular complexity index is 263. The quantitative estimate of drug-likeness (QED) is 0.531. The van der Waals surface area contributed by atoms with Crippen LogP contribution in [0.4, 0.5) is 0 Å².